The molecule has 1 saturated heterocycles. The van der Waals surface area contributed by atoms with Crippen LogP contribution in [0.2, 0.25) is 0 Å². The first kappa shape index (κ1) is 15.2. The van der Waals surface area contributed by atoms with Crippen LogP contribution in [0.3, 0.4) is 0 Å². The summed E-state index contributed by atoms with van der Waals surface area (Å²) in [7, 11) is 3.84. The Kier molecular flexibility index (Phi) is 6.38. The number of likely N-dealkylation sites (N-methyl/N-ethyl adjacent to an activating group) is 1. The first-order valence-corrected chi connectivity index (χ1v) is 6.57. The molecule has 1 aliphatic heterocycles. The van der Waals surface area contributed by atoms with E-state index in [1.54, 1.807) is 7.11 Å². The number of hydrogen-bond donors (Lipinski definition) is 2. The molecule has 18 heavy (non-hydrogen) atoms. The van der Waals surface area contributed by atoms with E-state index in [1.165, 1.54) is 0 Å². The zero-order chi connectivity index (χ0) is 13.5. The van der Waals surface area contributed by atoms with Crippen LogP contribution in [0.25, 0.3) is 0 Å². The van der Waals surface area contributed by atoms with E-state index in [-0.39, 0.29) is 6.04 Å². The number of guanidine groups is 1. The summed E-state index contributed by atoms with van der Waals surface area (Å²) in [5.41, 5.74) is 2.74. The van der Waals surface area contributed by atoms with Gasteiger partial charge in [0.15, 0.2) is 0 Å². The molecule has 0 aromatic heterocycles. The first-order chi connectivity index (χ1) is 8.58. The van der Waals surface area contributed by atoms with Crippen LogP contribution in [0.4, 0.5) is 0 Å². The van der Waals surface area contributed by atoms with Crippen molar-refractivity contribution in [1.29, 1.82) is 0 Å². The predicted octanol–water partition coefficient (Wildman–Crippen LogP) is -0.133. The van der Waals surface area contributed by atoms with Gasteiger partial charge in [0, 0.05) is 26.2 Å². The number of nitrogens with two attached hydrogens (primary N) is 1. The largest absolute Gasteiger partial charge is 0.382 e. The summed E-state index contributed by atoms with van der Waals surface area (Å²) < 4.78 is 5.10. The number of hydrogen-bond acceptors (Lipinski definition) is 4. The maximum atomic E-state index is 5.62. The SMILES string of the molecule is COCC(C)N=C(NN)N1CCCN(C)CC1C. The van der Waals surface area contributed by atoms with Gasteiger partial charge in [-0.3, -0.25) is 5.43 Å². The fraction of sp³-hybridized carbons (Fsp3) is 0.917. The molecule has 0 aromatic rings. The zero-order valence-electron chi connectivity index (χ0n) is 12.0. The second kappa shape index (κ2) is 7.56. The van der Waals surface area contributed by atoms with Crippen molar-refractivity contribution in [1.82, 2.24) is 15.2 Å². The third-order valence-corrected chi connectivity index (χ3v) is 3.20. The average Bonchev–Trinajstić information content (AvgIpc) is 2.47. The summed E-state index contributed by atoms with van der Waals surface area (Å²) in [5, 5.41) is 0. The molecule has 6 heteroatoms. The third-order valence-electron chi connectivity index (χ3n) is 3.20. The van der Waals surface area contributed by atoms with Crippen molar-refractivity contribution < 1.29 is 4.74 Å². The molecule has 1 rings (SSSR count). The Morgan fingerprint density at radius 2 is 2.28 bits per heavy atom. The lowest BCUT2D eigenvalue weighted by molar-refractivity contribution is 0.184. The van der Waals surface area contributed by atoms with E-state index >= 15 is 0 Å². The molecule has 0 aromatic carbocycles. The summed E-state index contributed by atoms with van der Waals surface area (Å²) in [5.74, 6) is 6.39. The number of nitrogens with one attached hydrogen (secondary N) is 1. The molecule has 1 fully saturated rings. The second-order valence-corrected chi connectivity index (χ2v) is 5.06. The lowest BCUT2D eigenvalue weighted by Crippen LogP contribution is -2.51. The highest BCUT2D eigenvalue weighted by molar-refractivity contribution is 5.80. The molecule has 2 unspecified atom stereocenters. The number of rotatable bonds is 3. The Balaban J connectivity index is 2.73. The normalized spacial score (nSPS) is 24.8. The number of hydrazine groups is 1. The van der Waals surface area contributed by atoms with Gasteiger partial charge in [0.1, 0.15) is 0 Å². The third kappa shape index (κ3) is 4.44. The van der Waals surface area contributed by atoms with E-state index in [9.17, 15) is 0 Å². The lowest BCUT2D eigenvalue weighted by Gasteiger charge is -2.31. The van der Waals surface area contributed by atoms with Crippen molar-refractivity contribution in [3.63, 3.8) is 0 Å². The highest BCUT2D eigenvalue weighted by atomic mass is 16.5. The van der Waals surface area contributed by atoms with Gasteiger partial charge in [0.25, 0.3) is 0 Å². The number of nitrogens with zero attached hydrogens (tertiary/aromatic N) is 3. The average molecular weight is 257 g/mol. The van der Waals surface area contributed by atoms with Crippen LogP contribution in [0.1, 0.15) is 20.3 Å². The van der Waals surface area contributed by atoms with Crippen molar-refractivity contribution in [2.45, 2.75) is 32.4 Å². The van der Waals surface area contributed by atoms with E-state index in [1.807, 2.05) is 6.92 Å². The van der Waals surface area contributed by atoms with Gasteiger partial charge in [0.05, 0.1) is 12.6 Å². The first-order valence-electron chi connectivity index (χ1n) is 6.57. The van der Waals surface area contributed by atoms with Crippen molar-refractivity contribution in [3.05, 3.63) is 0 Å². The number of ether oxygens (including phenoxy) is 1. The molecule has 0 amide bonds. The predicted molar refractivity (Wildman–Crippen MR) is 74.4 cm³/mol. The van der Waals surface area contributed by atoms with Gasteiger partial charge in [-0.05, 0) is 33.9 Å². The van der Waals surface area contributed by atoms with Gasteiger partial charge >= 0.3 is 0 Å². The Morgan fingerprint density at radius 3 is 2.89 bits per heavy atom. The van der Waals surface area contributed by atoms with Gasteiger partial charge in [-0.2, -0.15) is 0 Å². The Bertz CT molecular complexity index is 271. The minimum atomic E-state index is 0.106. The molecule has 3 N–H and O–H groups in total. The highest BCUT2D eigenvalue weighted by Gasteiger charge is 2.22. The minimum Gasteiger partial charge on any atom is -0.382 e. The molecule has 0 aliphatic carbocycles. The monoisotopic (exact) mass is 257 g/mol. The van der Waals surface area contributed by atoms with Crippen LogP contribution >= 0.6 is 0 Å². The van der Waals surface area contributed by atoms with E-state index in [4.69, 9.17) is 10.6 Å². The number of methoxy groups -OCH3 is 1. The second-order valence-electron chi connectivity index (χ2n) is 5.06. The minimum absolute atomic E-state index is 0.106. The van der Waals surface area contributed by atoms with Crippen molar-refractivity contribution >= 4 is 5.96 Å². The smallest absolute Gasteiger partial charge is 0.209 e. The van der Waals surface area contributed by atoms with Crippen LogP contribution in [0.5, 0.6) is 0 Å². The topological polar surface area (TPSA) is 66.1 Å². The Labute approximate surface area is 110 Å². The van der Waals surface area contributed by atoms with Crippen molar-refractivity contribution in [2.75, 3.05) is 40.4 Å². The van der Waals surface area contributed by atoms with Gasteiger partial charge in [-0.25, -0.2) is 10.8 Å². The summed E-state index contributed by atoms with van der Waals surface area (Å²) >= 11 is 0. The highest BCUT2D eigenvalue weighted by Crippen LogP contribution is 2.09. The Hall–Kier alpha value is -0.850. The van der Waals surface area contributed by atoms with E-state index in [0.29, 0.717) is 12.6 Å². The molecular formula is C12H27N5O. The van der Waals surface area contributed by atoms with Crippen molar-refractivity contribution in [2.24, 2.45) is 10.8 Å². The van der Waals surface area contributed by atoms with E-state index in [0.717, 1.165) is 32.0 Å². The quantitative estimate of drug-likeness (QED) is 0.319. The maximum absolute atomic E-state index is 5.62. The van der Waals surface area contributed by atoms with E-state index < -0.39 is 0 Å². The summed E-state index contributed by atoms with van der Waals surface area (Å²) in [6, 6.07) is 0.510. The standard InChI is InChI=1S/C12H27N5O/c1-10(9-18-4)14-12(15-13)17-7-5-6-16(3)8-11(17)2/h10-11H,5-9,13H2,1-4H3,(H,14,15). The van der Waals surface area contributed by atoms with Crippen LogP contribution in [-0.2, 0) is 4.74 Å². The summed E-state index contributed by atoms with van der Waals surface area (Å²) in [4.78, 5) is 9.18. The summed E-state index contributed by atoms with van der Waals surface area (Å²) in [6.45, 7) is 7.96. The van der Waals surface area contributed by atoms with E-state index in [2.05, 4.69) is 34.2 Å². The molecule has 0 radical (unpaired) electrons. The molecule has 1 heterocycles. The molecule has 1 aliphatic rings. The lowest BCUT2D eigenvalue weighted by atomic mass is 10.3. The molecular weight excluding hydrogens is 230 g/mol. The Morgan fingerprint density at radius 1 is 1.56 bits per heavy atom. The molecule has 0 saturated carbocycles. The molecule has 0 spiro atoms. The zero-order valence-corrected chi connectivity index (χ0v) is 12.0. The maximum Gasteiger partial charge on any atom is 0.209 e. The van der Waals surface area contributed by atoms with Gasteiger partial charge in [-0.1, -0.05) is 0 Å². The van der Waals surface area contributed by atoms with Gasteiger partial charge in [0.2, 0.25) is 5.96 Å². The van der Waals surface area contributed by atoms with Crippen LogP contribution in [0, 0.1) is 0 Å². The molecule has 106 valence electrons. The molecule has 0 bridgehead atoms. The van der Waals surface area contributed by atoms with Crippen LogP contribution < -0.4 is 11.3 Å². The van der Waals surface area contributed by atoms with Crippen molar-refractivity contribution in [3.8, 4) is 0 Å². The van der Waals surface area contributed by atoms with Gasteiger partial charge < -0.3 is 14.5 Å². The fourth-order valence-corrected chi connectivity index (χ4v) is 2.37. The van der Waals surface area contributed by atoms with Gasteiger partial charge in [-0.15, -0.1) is 0 Å². The van der Waals surface area contributed by atoms with Crippen LogP contribution in [0.15, 0.2) is 4.99 Å². The molecule has 6 nitrogen and oxygen atoms in total. The fourth-order valence-electron chi connectivity index (χ4n) is 2.37. The summed E-state index contributed by atoms with van der Waals surface area (Å²) in [6.07, 6.45) is 1.13. The molecule has 2 atom stereocenters. The van der Waals surface area contributed by atoms with Crippen LogP contribution in [-0.4, -0.2) is 68.2 Å². The number of aliphatic imine (C=N–C) groups is 1.